The van der Waals surface area contributed by atoms with Crippen molar-refractivity contribution < 1.29 is 13.2 Å². The number of hydrogen-bond acceptors (Lipinski definition) is 5. The van der Waals surface area contributed by atoms with Crippen LogP contribution in [-0.4, -0.2) is 48.6 Å². The fourth-order valence-electron chi connectivity index (χ4n) is 4.03. The van der Waals surface area contributed by atoms with Gasteiger partial charge in [0.05, 0.1) is 0 Å². The first-order valence-corrected chi connectivity index (χ1v) is 11.1. The second kappa shape index (κ2) is 7.45. The van der Waals surface area contributed by atoms with E-state index in [-0.39, 0.29) is 12.8 Å². The van der Waals surface area contributed by atoms with E-state index in [0.717, 1.165) is 24.8 Å². The Hall–Kier alpha value is -1.41. The van der Waals surface area contributed by atoms with Gasteiger partial charge < -0.3 is 10.6 Å². The Bertz CT molecular complexity index is 699. The third-order valence-corrected chi connectivity index (χ3v) is 7.68. The maximum atomic E-state index is 12.8. The Morgan fingerprint density at radius 3 is 2.44 bits per heavy atom. The van der Waals surface area contributed by atoms with Gasteiger partial charge in [0.15, 0.2) is 20.4 Å². The predicted molar refractivity (Wildman–Crippen MR) is 97.3 cm³/mol. The van der Waals surface area contributed by atoms with Gasteiger partial charge in [0, 0.05) is 23.9 Å². The van der Waals surface area contributed by atoms with Crippen LogP contribution < -0.4 is 10.6 Å². The Morgan fingerprint density at radius 2 is 1.84 bits per heavy atom. The number of H-pyrrole nitrogens is 1. The molecule has 2 heterocycles. The zero-order valence-electron chi connectivity index (χ0n) is 14.8. The van der Waals surface area contributed by atoms with Crippen molar-refractivity contribution in [2.24, 2.45) is 0 Å². The van der Waals surface area contributed by atoms with E-state index < -0.39 is 20.5 Å². The third kappa shape index (κ3) is 3.89. The number of aromatic nitrogens is 2. The highest BCUT2D eigenvalue weighted by molar-refractivity contribution is 7.92. The highest BCUT2D eigenvalue weighted by Crippen LogP contribution is 2.32. The summed E-state index contributed by atoms with van der Waals surface area (Å²) in [6.07, 6.45) is 8.99. The molecule has 0 bridgehead atoms. The fraction of sp³-hybridized carbons (Fsp3) is 0.765. The summed E-state index contributed by atoms with van der Waals surface area (Å²) in [5.74, 6) is 0.407. The first-order valence-electron chi connectivity index (χ1n) is 9.19. The summed E-state index contributed by atoms with van der Waals surface area (Å²) in [6.45, 7) is 1.04. The standard InChI is InChI=1S/C17H28N4O3S/c1-25(23,24)17(8-10-18-11-9-17)16(22)19-15-12-14(20-21-15)13-6-4-2-3-5-7-13/h12-13,18H,2-11H2,1H3,(H2,19,20,21,22). The van der Waals surface area contributed by atoms with Crippen LogP contribution in [0.25, 0.3) is 0 Å². The molecule has 1 saturated heterocycles. The van der Waals surface area contributed by atoms with Crippen molar-refractivity contribution in [2.45, 2.75) is 62.0 Å². The second-order valence-corrected chi connectivity index (χ2v) is 9.69. The van der Waals surface area contributed by atoms with Gasteiger partial charge in [-0.2, -0.15) is 5.10 Å². The van der Waals surface area contributed by atoms with Crippen molar-refractivity contribution in [3.63, 3.8) is 0 Å². The molecule has 1 aliphatic carbocycles. The number of anilines is 1. The molecule has 7 nitrogen and oxygen atoms in total. The van der Waals surface area contributed by atoms with Gasteiger partial charge in [0.2, 0.25) is 5.91 Å². The van der Waals surface area contributed by atoms with Crippen LogP contribution in [0.2, 0.25) is 0 Å². The number of nitrogens with zero attached hydrogens (tertiary/aromatic N) is 1. The minimum Gasteiger partial charge on any atom is -0.317 e. The summed E-state index contributed by atoms with van der Waals surface area (Å²) in [5.41, 5.74) is 1.04. The molecule has 0 atom stereocenters. The number of carbonyl (C=O) groups excluding carboxylic acids is 1. The van der Waals surface area contributed by atoms with Gasteiger partial charge in [-0.25, -0.2) is 8.42 Å². The number of piperidine rings is 1. The topological polar surface area (TPSA) is 104 Å². The van der Waals surface area contributed by atoms with Gasteiger partial charge in [-0.3, -0.25) is 9.89 Å². The van der Waals surface area contributed by atoms with Crippen molar-refractivity contribution in [1.82, 2.24) is 15.5 Å². The molecule has 0 unspecified atom stereocenters. The van der Waals surface area contributed by atoms with Gasteiger partial charge in [-0.1, -0.05) is 25.7 Å². The van der Waals surface area contributed by atoms with Gasteiger partial charge >= 0.3 is 0 Å². The molecule has 3 rings (SSSR count). The van der Waals surface area contributed by atoms with E-state index in [1.165, 1.54) is 25.7 Å². The number of sulfone groups is 1. The lowest BCUT2D eigenvalue weighted by Crippen LogP contribution is -2.55. The Balaban J connectivity index is 1.74. The number of carbonyl (C=O) groups is 1. The van der Waals surface area contributed by atoms with E-state index in [4.69, 9.17) is 0 Å². The largest absolute Gasteiger partial charge is 0.317 e. The maximum absolute atomic E-state index is 12.8. The summed E-state index contributed by atoms with van der Waals surface area (Å²) in [7, 11) is -3.52. The average molecular weight is 369 g/mol. The molecule has 0 aromatic carbocycles. The third-order valence-electron chi connectivity index (χ3n) is 5.67. The highest BCUT2D eigenvalue weighted by atomic mass is 32.2. The molecule has 2 aliphatic rings. The smallest absolute Gasteiger partial charge is 0.247 e. The van der Waals surface area contributed by atoms with Gasteiger partial charge in [-0.05, 0) is 38.8 Å². The van der Waals surface area contributed by atoms with Gasteiger partial charge in [0.1, 0.15) is 0 Å². The summed E-state index contributed by atoms with van der Waals surface area (Å²) >= 11 is 0. The van der Waals surface area contributed by atoms with Crippen LogP contribution in [0.1, 0.15) is 63.0 Å². The molecular weight excluding hydrogens is 340 g/mol. The van der Waals surface area contributed by atoms with Crippen LogP contribution in [0, 0.1) is 0 Å². The molecular formula is C17H28N4O3S. The molecule has 140 valence electrons. The first-order chi connectivity index (χ1) is 11.9. The lowest BCUT2D eigenvalue weighted by atomic mass is 9.95. The normalized spacial score (nSPS) is 22.3. The molecule has 1 saturated carbocycles. The number of rotatable bonds is 4. The molecule has 1 amide bonds. The Labute approximate surface area is 149 Å². The van der Waals surface area contributed by atoms with Gasteiger partial charge in [-0.15, -0.1) is 0 Å². The zero-order valence-corrected chi connectivity index (χ0v) is 15.6. The summed E-state index contributed by atoms with van der Waals surface area (Å²) in [6, 6.07) is 1.87. The van der Waals surface area contributed by atoms with Crippen molar-refractivity contribution >= 4 is 21.6 Å². The predicted octanol–water partition coefficient (Wildman–Crippen LogP) is 1.95. The monoisotopic (exact) mass is 368 g/mol. The second-order valence-electron chi connectivity index (χ2n) is 7.37. The SMILES string of the molecule is CS(=O)(=O)C1(C(=O)Nc2cc(C3CCCCCC3)[nH]n2)CCNCC1. The molecule has 25 heavy (non-hydrogen) atoms. The molecule has 2 fully saturated rings. The summed E-state index contributed by atoms with van der Waals surface area (Å²) < 4.78 is 23.3. The lowest BCUT2D eigenvalue weighted by molar-refractivity contribution is -0.119. The van der Waals surface area contributed by atoms with Gasteiger partial charge in [0.25, 0.3) is 0 Å². The molecule has 1 aromatic rings. The van der Waals surface area contributed by atoms with E-state index >= 15 is 0 Å². The van der Waals surface area contributed by atoms with Crippen molar-refractivity contribution in [3.8, 4) is 0 Å². The summed E-state index contributed by atoms with van der Waals surface area (Å²) in [5, 5.41) is 13.1. The van der Waals surface area contributed by atoms with Crippen LogP contribution in [0.3, 0.4) is 0 Å². The maximum Gasteiger partial charge on any atom is 0.247 e. The van der Waals surface area contributed by atoms with Crippen LogP contribution in [-0.2, 0) is 14.6 Å². The van der Waals surface area contributed by atoms with Crippen molar-refractivity contribution in [3.05, 3.63) is 11.8 Å². The fourth-order valence-corrected chi connectivity index (χ4v) is 5.36. The van der Waals surface area contributed by atoms with Crippen LogP contribution in [0.15, 0.2) is 6.07 Å². The molecule has 8 heteroatoms. The van der Waals surface area contributed by atoms with E-state index in [9.17, 15) is 13.2 Å². The minimum absolute atomic E-state index is 0.289. The van der Waals surface area contributed by atoms with Crippen molar-refractivity contribution in [1.29, 1.82) is 0 Å². The number of amides is 1. The summed E-state index contributed by atoms with van der Waals surface area (Å²) in [4.78, 5) is 12.8. The van der Waals surface area contributed by atoms with Crippen LogP contribution in [0.5, 0.6) is 0 Å². The number of nitrogens with one attached hydrogen (secondary N) is 3. The molecule has 3 N–H and O–H groups in total. The highest BCUT2D eigenvalue weighted by Gasteiger charge is 2.48. The number of aromatic amines is 1. The minimum atomic E-state index is -3.52. The van der Waals surface area contributed by atoms with E-state index in [0.29, 0.717) is 24.8 Å². The van der Waals surface area contributed by atoms with Crippen molar-refractivity contribution in [2.75, 3.05) is 24.7 Å². The van der Waals surface area contributed by atoms with E-state index in [1.54, 1.807) is 0 Å². The molecule has 1 aliphatic heterocycles. The van der Waals surface area contributed by atoms with Crippen LogP contribution in [0.4, 0.5) is 5.82 Å². The Morgan fingerprint density at radius 1 is 1.20 bits per heavy atom. The molecule has 0 spiro atoms. The molecule has 1 aromatic heterocycles. The van der Waals surface area contributed by atoms with E-state index in [2.05, 4.69) is 20.8 Å². The zero-order chi connectivity index (χ0) is 17.9. The lowest BCUT2D eigenvalue weighted by Gasteiger charge is -2.34. The van der Waals surface area contributed by atoms with E-state index in [1.807, 2.05) is 6.07 Å². The Kier molecular flexibility index (Phi) is 5.48. The quantitative estimate of drug-likeness (QED) is 0.705. The number of hydrogen-bond donors (Lipinski definition) is 3. The van der Waals surface area contributed by atoms with Crippen LogP contribution >= 0.6 is 0 Å². The average Bonchev–Trinajstić information content (AvgIpc) is 2.87. The molecule has 0 radical (unpaired) electrons. The first kappa shape index (κ1) is 18.4.